The van der Waals surface area contributed by atoms with Crippen molar-refractivity contribution in [3.63, 3.8) is 0 Å². The Balaban J connectivity index is 4.52. The summed E-state index contributed by atoms with van der Waals surface area (Å²) in [4.78, 5) is 0. The molecule has 0 bridgehead atoms. The summed E-state index contributed by atoms with van der Waals surface area (Å²) in [6.07, 6.45) is 2.88. The van der Waals surface area contributed by atoms with Crippen molar-refractivity contribution >= 4 is 23.2 Å². The Bertz CT molecular complexity index is 174. The number of rotatable bonds is 3. The Kier molecular flexibility index (Phi) is 5.71. The van der Waals surface area contributed by atoms with Crippen LogP contribution in [0.4, 0.5) is 0 Å². The van der Waals surface area contributed by atoms with Crippen molar-refractivity contribution in [1.29, 1.82) is 0 Å². The van der Waals surface area contributed by atoms with Gasteiger partial charge >= 0.3 is 0 Å². The van der Waals surface area contributed by atoms with E-state index in [9.17, 15) is 0 Å². The molecule has 0 aromatic carbocycles. The van der Waals surface area contributed by atoms with Crippen molar-refractivity contribution in [3.8, 4) is 0 Å². The van der Waals surface area contributed by atoms with E-state index in [0.29, 0.717) is 5.88 Å². The van der Waals surface area contributed by atoms with Crippen LogP contribution in [0.3, 0.4) is 0 Å². The highest BCUT2D eigenvalue weighted by Gasteiger charge is 1.97. The molecule has 2 heteroatoms. The zero-order valence-electron chi connectivity index (χ0n) is 7.25. The third-order valence-electron chi connectivity index (χ3n) is 1.27. The van der Waals surface area contributed by atoms with Crippen molar-refractivity contribution in [3.05, 3.63) is 22.3 Å². The van der Waals surface area contributed by atoms with Gasteiger partial charge in [-0.1, -0.05) is 30.2 Å². The molecule has 0 aliphatic heterocycles. The standard InChI is InChI=1S/C9H14Cl2/c1-4-9(11)8(6-10)5-7(2)3/h5H,4,6H2,1-3H3/b9-8-. The van der Waals surface area contributed by atoms with E-state index in [-0.39, 0.29) is 0 Å². The molecule has 0 heterocycles. The summed E-state index contributed by atoms with van der Waals surface area (Å²) >= 11 is 11.6. The highest BCUT2D eigenvalue weighted by atomic mass is 35.5. The number of hydrogen-bond acceptors (Lipinski definition) is 0. The average molecular weight is 193 g/mol. The molecule has 0 N–H and O–H groups in total. The summed E-state index contributed by atoms with van der Waals surface area (Å²) in [5.74, 6) is 0.498. The highest BCUT2D eigenvalue weighted by Crippen LogP contribution is 2.17. The molecule has 0 nitrogen and oxygen atoms in total. The maximum absolute atomic E-state index is 5.93. The molecular weight excluding hydrogens is 179 g/mol. The predicted octanol–water partition coefficient (Wildman–Crippen LogP) is 4.09. The predicted molar refractivity (Wildman–Crippen MR) is 53.3 cm³/mol. The van der Waals surface area contributed by atoms with Gasteiger partial charge in [0.25, 0.3) is 0 Å². The van der Waals surface area contributed by atoms with Gasteiger partial charge in [0.05, 0.1) is 0 Å². The summed E-state index contributed by atoms with van der Waals surface area (Å²) < 4.78 is 0. The van der Waals surface area contributed by atoms with E-state index in [1.54, 1.807) is 0 Å². The van der Waals surface area contributed by atoms with Crippen molar-refractivity contribution < 1.29 is 0 Å². The van der Waals surface area contributed by atoms with E-state index < -0.39 is 0 Å². The van der Waals surface area contributed by atoms with E-state index in [2.05, 4.69) is 0 Å². The van der Waals surface area contributed by atoms with Gasteiger partial charge < -0.3 is 0 Å². The molecule has 0 spiro atoms. The minimum atomic E-state index is 0.498. The second-order valence-corrected chi connectivity index (χ2v) is 3.36. The summed E-state index contributed by atoms with van der Waals surface area (Å²) in [5.41, 5.74) is 2.27. The number of allylic oxidation sites excluding steroid dienone is 4. The van der Waals surface area contributed by atoms with Gasteiger partial charge in [0.2, 0.25) is 0 Å². The van der Waals surface area contributed by atoms with Gasteiger partial charge in [-0.25, -0.2) is 0 Å². The fourth-order valence-corrected chi connectivity index (χ4v) is 1.19. The fourth-order valence-electron chi connectivity index (χ4n) is 0.765. The maximum atomic E-state index is 5.93. The molecule has 0 unspecified atom stereocenters. The van der Waals surface area contributed by atoms with E-state index in [4.69, 9.17) is 23.2 Å². The smallest absolute Gasteiger partial charge is 0.0485 e. The van der Waals surface area contributed by atoms with Crippen LogP contribution in [-0.2, 0) is 0 Å². The first-order valence-electron chi connectivity index (χ1n) is 3.70. The van der Waals surface area contributed by atoms with Crippen LogP contribution in [-0.4, -0.2) is 5.88 Å². The molecule has 0 aliphatic carbocycles. The first kappa shape index (κ1) is 11.1. The van der Waals surface area contributed by atoms with Gasteiger partial charge in [0.1, 0.15) is 0 Å². The zero-order valence-corrected chi connectivity index (χ0v) is 8.76. The van der Waals surface area contributed by atoms with Gasteiger partial charge in [0.15, 0.2) is 0 Å². The minimum Gasteiger partial charge on any atom is -0.122 e. The normalized spacial score (nSPS) is 12.5. The Morgan fingerprint density at radius 1 is 1.36 bits per heavy atom. The number of hydrogen-bond donors (Lipinski definition) is 0. The lowest BCUT2D eigenvalue weighted by atomic mass is 10.2. The molecule has 0 aliphatic rings. The topological polar surface area (TPSA) is 0 Å². The number of alkyl halides is 1. The largest absolute Gasteiger partial charge is 0.122 e. The van der Waals surface area contributed by atoms with Crippen molar-refractivity contribution in [2.45, 2.75) is 27.2 Å². The highest BCUT2D eigenvalue weighted by molar-refractivity contribution is 6.31. The second kappa shape index (κ2) is 5.68. The lowest BCUT2D eigenvalue weighted by molar-refractivity contribution is 1.16. The monoisotopic (exact) mass is 192 g/mol. The summed E-state index contributed by atoms with van der Waals surface area (Å²) in [6.45, 7) is 6.09. The van der Waals surface area contributed by atoms with Gasteiger partial charge in [0, 0.05) is 10.9 Å². The van der Waals surface area contributed by atoms with Crippen molar-refractivity contribution in [2.75, 3.05) is 5.88 Å². The fraction of sp³-hybridized carbons (Fsp3) is 0.556. The second-order valence-electron chi connectivity index (χ2n) is 2.64. The molecule has 0 amide bonds. The van der Waals surface area contributed by atoms with E-state index >= 15 is 0 Å². The maximum Gasteiger partial charge on any atom is 0.0485 e. The van der Waals surface area contributed by atoms with E-state index in [1.165, 1.54) is 5.57 Å². The molecule has 0 radical (unpaired) electrons. The summed E-state index contributed by atoms with van der Waals surface area (Å²) in [6, 6.07) is 0. The van der Waals surface area contributed by atoms with Crippen molar-refractivity contribution in [2.24, 2.45) is 0 Å². The zero-order chi connectivity index (χ0) is 8.85. The van der Waals surface area contributed by atoms with E-state index in [0.717, 1.165) is 17.0 Å². The number of halogens is 2. The summed E-state index contributed by atoms with van der Waals surface area (Å²) in [5, 5.41) is 0.862. The lowest BCUT2D eigenvalue weighted by Gasteiger charge is -2.00. The van der Waals surface area contributed by atoms with Gasteiger partial charge in [-0.05, 0) is 25.8 Å². The third-order valence-corrected chi connectivity index (χ3v) is 2.06. The van der Waals surface area contributed by atoms with Gasteiger partial charge in [-0.15, -0.1) is 11.6 Å². The first-order valence-corrected chi connectivity index (χ1v) is 4.61. The molecule has 0 aromatic heterocycles. The van der Waals surface area contributed by atoms with Crippen LogP contribution in [0.5, 0.6) is 0 Å². The molecule has 0 saturated heterocycles. The molecular formula is C9H14Cl2. The molecule has 64 valence electrons. The molecule has 0 rings (SSSR count). The Labute approximate surface area is 78.9 Å². The van der Waals surface area contributed by atoms with Crippen LogP contribution in [0, 0.1) is 0 Å². The van der Waals surface area contributed by atoms with Crippen LogP contribution in [0.2, 0.25) is 0 Å². The Morgan fingerprint density at radius 2 is 1.91 bits per heavy atom. The Hall–Kier alpha value is 0.0600. The lowest BCUT2D eigenvalue weighted by Crippen LogP contribution is -1.85. The van der Waals surface area contributed by atoms with Gasteiger partial charge in [-0.2, -0.15) is 0 Å². The SMILES string of the molecule is CC/C(Cl)=C(\C=C(C)C)CCl. The van der Waals surface area contributed by atoms with Crippen LogP contribution in [0.15, 0.2) is 22.3 Å². The Morgan fingerprint density at radius 3 is 2.18 bits per heavy atom. The third kappa shape index (κ3) is 4.49. The van der Waals surface area contributed by atoms with E-state index in [1.807, 2.05) is 26.8 Å². The van der Waals surface area contributed by atoms with Crippen LogP contribution >= 0.6 is 23.2 Å². The minimum absolute atomic E-state index is 0.498. The van der Waals surface area contributed by atoms with Crippen LogP contribution in [0.1, 0.15) is 27.2 Å². The molecule has 0 atom stereocenters. The molecule has 11 heavy (non-hydrogen) atoms. The van der Waals surface area contributed by atoms with Crippen LogP contribution in [0.25, 0.3) is 0 Å². The quantitative estimate of drug-likeness (QED) is 0.467. The van der Waals surface area contributed by atoms with Crippen LogP contribution < -0.4 is 0 Å². The molecule has 0 saturated carbocycles. The first-order chi connectivity index (χ1) is 5.11. The van der Waals surface area contributed by atoms with Gasteiger partial charge in [-0.3, -0.25) is 0 Å². The average Bonchev–Trinajstić information content (AvgIpc) is 1.98. The summed E-state index contributed by atoms with van der Waals surface area (Å²) in [7, 11) is 0. The van der Waals surface area contributed by atoms with Crippen molar-refractivity contribution in [1.82, 2.24) is 0 Å². The molecule has 0 aromatic rings. The molecule has 0 fully saturated rings.